The minimum absolute atomic E-state index is 0.0868. The van der Waals surface area contributed by atoms with Gasteiger partial charge >= 0.3 is 11.7 Å². The van der Waals surface area contributed by atoms with Crippen LogP contribution >= 0.6 is 0 Å². The topological polar surface area (TPSA) is 135 Å². The van der Waals surface area contributed by atoms with Gasteiger partial charge in [-0.25, -0.2) is 9.78 Å². The summed E-state index contributed by atoms with van der Waals surface area (Å²) < 4.78 is 0. The molecule has 0 amide bonds. The number of anilines is 2. The molecule has 0 aromatic carbocycles. The first kappa shape index (κ1) is 16.6. The molecule has 9 heteroatoms. The maximum atomic E-state index is 11.3. The molecule has 1 rings (SSSR count). The predicted octanol–water partition coefficient (Wildman–Crippen LogP) is 0.942. The van der Waals surface area contributed by atoms with Crippen molar-refractivity contribution in [2.45, 2.75) is 13.3 Å². The molecule has 1 aromatic heterocycles. The van der Waals surface area contributed by atoms with Crippen LogP contribution in [0.5, 0.6) is 0 Å². The minimum atomic E-state index is -1.28. The molecule has 0 saturated heterocycles. The smallest absolute Gasteiger partial charge is 0.339 e. The molecule has 0 saturated carbocycles. The van der Waals surface area contributed by atoms with Crippen molar-refractivity contribution in [2.75, 3.05) is 38.2 Å². The third-order valence-corrected chi connectivity index (χ3v) is 2.86. The van der Waals surface area contributed by atoms with Gasteiger partial charge in [0.05, 0.1) is 10.6 Å². The Bertz CT molecular complexity index is 521. The van der Waals surface area contributed by atoms with Gasteiger partial charge < -0.3 is 21.1 Å². The van der Waals surface area contributed by atoms with E-state index in [2.05, 4.69) is 10.3 Å². The van der Waals surface area contributed by atoms with Crippen LogP contribution in [0.4, 0.5) is 17.2 Å². The SMILES string of the molecule is Cc1nc(N)c([N+](=O)[O-])c(NCCCN(C)C)c1C(=O)O. The van der Waals surface area contributed by atoms with E-state index in [9.17, 15) is 20.0 Å². The molecular formula is C12H19N5O4. The van der Waals surface area contributed by atoms with Crippen molar-refractivity contribution in [3.63, 3.8) is 0 Å². The second-order valence-electron chi connectivity index (χ2n) is 4.83. The van der Waals surface area contributed by atoms with Crippen LogP contribution < -0.4 is 11.1 Å². The number of aromatic nitrogens is 1. The predicted molar refractivity (Wildman–Crippen MR) is 78.7 cm³/mol. The molecule has 0 aliphatic rings. The van der Waals surface area contributed by atoms with Crippen molar-refractivity contribution in [1.82, 2.24) is 9.88 Å². The lowest BCUT2D eigenvalue weighted by molar-refractivity contribution is -0.383. The molecule has 0 radical (unpaired) electrons. The van der Waals surface area contributed by atoms with Crippen LogP contribution in [0.15, 0.2) is 0 Å². The summed E-state index contributed by atoms with van der Waals surface area (Å²) in [5.74, 6) is -1.57. The number of carboxylic acids is 1. The standard InChI is InChI=1S/C12H19N5O4/c1-7-8(12(18)19)9(14-5-4-6-16(2)3)10(17(20)21)11(13)15-7/h4-6H2,1-3H3,(H,18,19)(H3,13,14,15). The van der Waals surface area contributed by atoms with Gasteiger partial charge in [-0.2, -0.15) is 0 Å². The maximum absolute atomic E-state index is 11.3. The van der Waals surface area contributed by atoms with E-state index in [1.54, 1.807) is 0 Å². The van der Waals surface area contributed by atoms with Gasteiger partial charge in [-0.05, 0) is 34.0 Å². The van der Waals surface area contributed by atoms with Crippen LogP contribution in [-0.4, -0.2) is 53.1 Å². The van der Waals surface area contributed by atoms with Crippen LogP contribution in [0.3, 0.4) is 0 Å². The summed E-state index contributed by atoms with van der Waals surface area (Å²) in [6, 6.07) is 0. The lowest BCUT2D eigenvalue weighted by atomic mass is 10.1. The molecule has 21 heavy (non-hydrogen) atoms. The number of nitrogens with two attached hydrogens (primary N) is 1. The number of aromatic carboxylic acids is 1. The van der Waals surface area contributed by atoms with Crippen LogP contribution in [0.25, 0.3) is 0 Å². The number of nitrogen functional groups attached to an aromatic ring is 1. The summed E-state index contributed by atoms with van der Waals surface area (Å²) in [4.78, 5) is 27.4. The highest BCUT2D eigenvalue weighted by Crippen LogP contribution is 2.34. The Morgan fingerprint density at radius 1 is 1.52 bits per heavy atom. The number of carbonyl (C=O) groups is 1. The zero-order valence-electron chi connectivity index (χ0n) is 12.2. The van der Waals surface area contributed by atoms with Gasteiger partial charge in [-0.15, -0.1) is 0 Å². The zero-order chi connectivity index (χ0) is 16.2. The monoisotopic (exact) mass is 297 g/mol. The number of aryl methyl sites for hydroxylation is 1. The number of hydrogen-bond acceptors (Lipinski definition) is 7. The molecule has 1 aromatic rings. The molecule has 116 valence electrons. The second-order valence-corrected chi connectivity index (χ2v) is 4.83. The first-order chi connectivity index (χ1) is 9.75. The van der Waals surface area contributed by atoms with Crippen LogP contribution in [0, 0.1) is 17.0 Å². The highest BCUT2D eigenvalue weighted by molar-refractivity contribution is 5.99. The zero-order valence-corrected chi connectivity index (χ0v) is 12.2. The quantitative estimate of drug-likeness (QED) is 0.384. The number of carboxylic acid groups (broad SMARTS) is 1. The van der Waals surface area contributed by atoms with Gasteiger partial charge in [-0.1, -0.05) is 0 Å². The lowest BCUT2D eigenvalue weighted by Crippen LogP contribution is -2.19. The third kappa shape index (κ3) is 4.02. The Morgan fingerprint density at radius 2 is 2.14 bits per heavy atom. The first-order valence-electron chi connectivity index (χ1n) is 6.32. The molecule has 0 bridgehead atoms. The summed E-state index contributed by atoms with van der Waals surface area (Å²) in [7, 11) is 3.80. The van der Waals surface area contributed by atoms with E-state index < -0.39 is 16.6 Å². The van der Waals surface area contributed by atoms with E-state index in [4.69, 9.17) is 5.73 Å². The fraction of sp³-hybridized carbons (Fsp3) is 0.500. The third-order valence-electron chi connectivity index (χ3n) is 2.86. The van der Waals surface area contributed by atoms with Gasteiger partial charge in [0.2, 0.25) is 5.82 Å². The minimum Gasteiger partial charge on any atom is -0.478 e. The van der Waals surface area contributed by atoms with Gasteiger partial charge in [0.15, 0.2) is 0 Å². The Morgan fingerprint density at radius 3 is 2.62 bits per heavy atom. The molecule has 9 nitrogen and oxygen atoms in total. The number of pyridine rings is 1. The number of nitrogens with zero attached hydrogens (tertiary/aromatic N) is 3. The number of nitrogens with one attached hydrogen (secondary N) is 1. The largest absolute Gasteiger partial charge is 0.478 e. The molecule has 0 aliphatic carbocycles. The van der Waals surface area contributed by atoms with Crippen LogP contribution in [0.1, 0.15) is 22.5 Å². The highest BCUT2D eigenvalue weighted by Gasteiger charge is 2.28. The van der Waals surface area contributed by atoms with Gasteiger partial charge in [0, 0.05) is 6.54 Å². The van der Waals surface area contributed by atoms with Crippen LogP contribution in [0.2, 0.25) is 0 Å². The van der Waals surface area contributed by atoms with Crippen molar-refractivity contribution in [3.8, 4) is 0 Å². The summed E-state index contributed by atoms with van der Waals surface area (Å²) in [5.41, 5.74) is 4.88. The van der Waals surface area contributed by atoms with Crippen molar-refractivity contribution in [2.24, 2.45) is 0 Å². The maximum Gasteiger partial charge on any atom is 0.339 e. The molecule has 0 unspecified atom stereocenters. The van der Waals surface area contributed by atoms with Gasteiger partial charge in [0.25, 0.3) is 0 Å². The fourth-order valence-electron chi connectivity index (χ4n) is 1.94. The molecule has 0 fully saturated rings. The average Bonchev–Trinajstić information content (AvgIpc) is 2.32. The Hall–Kier alpha value is -2.42. The Kier molecular flexibility index (Phi) is 5.42. The van der Waals surface area contributed by atoms with E-state index >= 15 is 0 Å². The fourth-order valence-corrected chi connectivity index (χ4v) is 1.94. The normalized spacial score (nSPS) is 10.7. The van der Waals surface area contributed by atoms with Gasteiger partial charge in [0.1, 0.15) is 11.3 Å². The second kappa shape index (κ2) is 6.84. The van der Waals surface area contributed by atoms with E-state index in [0.717, 1.165) is 6.54 Å². The molecule has 0 aliphatic heterocycles. The van der Waals surface area contributed by atoms with Crippen molar-refractivity contribution in [1.29, 1.82) is 0 Å². The van der Waals surface area contributed by atoms with Gasteiger partial charge in [-0.3, -0.25) is 10.1 Å². The van der Waals surface area contributed by atoms with Crippen molar-refractivity contribution >= 4 is 23.2 Å². The summed E-state index contributed by atoms with van der Waals surface area (Å²) in [5, 5.41) is 23.2. The molecular weight excluding hydrogens is 278 g/mol. The van der Waals surface area contributed by atoms with E-state index in [1.807, 2.05) is 19.0 Å². The van der Waals surface area contributed by atoms with Crippen molar-refractivity contribution in [3.05, 3.63) is 21.4 Å². The lowest BCUT2D eigenvalue weighted by Gasteiger charge is -2.14. The molecule has 0 atom stereocenters. The Balaban J connectivity index is 3.18. The van der Waals surface area contributed by atoms with Crippen LogP contribution in [-0.2, 0) is 0 Å². The van der Waals surface area contributed by atoms with E-state index in [-0.39, 0.29) is 22.8 Å². The Labute approximate surface area is 121 Å². The average molecular weight is 297 g/mol. The first-order valence-corrected chi connectivity index (χ1v) is 6.32. The summed E-state index contributed by atoms with van der Waals surface area (Å²) in [6.07, 6.45) is 0.699. The van der Waals surface area contributed by atoms with E-state index in [0.29, 0.717) is 13.0 Å². The molecule has 4 N–H and O–H groups in total. The highest BCUT2D eigenvalue weighted by atomic mass is 16.6. The van der Waals surface area contributed by atoms with Crippen molar-refractivity contribution < 1.29 is 14.8 Å². The van der Waals surface area contributed by atoms with E-state index in [1.165, 1.54) is 6.92 Å². The molecule has 1 heterocycles. The summed E-state index contributed by atoms with van der Waals surface area (Å²) in [6.45, 7) is 2.61. The molecule has 0 spiro atoms. The summed E-state index contributed by atoms with van der Waals surface area (Å²) >= 11 is 0. The number of rotatable bonds is 7. The number of nitro groups is 1. The number of hydrogen-bond donors (Lipinski definition) is 3.